The molecule has 2 aromatic heterocycles. The standard InChI is InChI=1S/C13H18N4S/c1-2-12(18-9-1)10-14-3-5-16-7-8-17-6-4-15-13(17)11-16/h1-2,4,6,9,14H,3,5,7-8,10-11H2. The third-order valence-electron chi connectivity index (χ3n) is 3.31. The van der Waals surface area contributed by atoms with Crippen molar-refractivity contribution in [2.45, 2.75) is 19.6 Å². The number of hydrogen-bond donors (Lipinski definition) is 1. The van der Waals surface area contributed by atoms with E-state index in [1.165, 1.54) is 10.7 Å². The maximum atomic E-state index is 4.38. The summed E-state index contributed by atoms with van der Waals surface area (Å²) >= 11 is 1.81. The highest BCUT2D eigenvalue weighted by molar-refractivity contribution is 7.09. The first kappa shape index (κ1) is 11.9. The van der Waals surface area contributed by atoms with Gasteiger partial charge < -0.3 is 9.88 Å². The highest BCUT2D eigenvalue weighted by atomic mass is 32.1. The summed E-state index contributed by atoms with van der Waals surface area (Å²) in [6.07, 6.45) is 3.97. The van der Waals surface area contributed by atoms with Crippen molar-refractivity contribution >= 4 is 11.3 Å². The summed E-state index contributed by atoms with van der Waals surface area (Å²) in [5.41, 5.74) is 0. The lowest BCUT2D eigenvalue weighted by molar-refractivity contribution is 0.217. The zero-order chi connectivity index (χ0) is 12.2. The number of thiophene rings is 1. The van der Waals surface area contributed by atoms with Crippen molar-refractivity contribution in [3.63, 3.8) is 0 Å². The monoisotopic (exact) mass is 262 g/mol. The molecule has 4 nitrogen and oxygen atoms in total. The molecule has 2 aromatic rings. The highest BCUT2D eigenvalue weighted by Crippen LogP contribution is 2.09. The van der Waals surface area contributed by atoms with Crippen LogP contribution in [0.4, 0.5) is 0 Å². The Hall–Kier alpha value is -1.17. The van der Waals surface area contributed by atoms with E-state index in [9.17, 15) is 0 Å². The molecule has 0 saturated heterocycles. The third kappa shape index (κ3) is 2.80. The Balaban J connectivity index is 1.40. The molecular formula is C13H18N4S. The molecule has 0 bridgehead atoms. The van der Waals surface area contributed by atoms with Crippen LogP contribution in [0.1, 0.15) is 10.7 Å². The molecule has 5 heteroatoms. The predicted molar refractivity (Wildman–Crippen MR) is 73.5 cm³/mol. The van der Waals surface area contributed by atoms with Crippen LogP contribution in [0.2, 0.25) is 0 Å². The lowest BCUT2D eigenvalue weighted by Crippen LogP contribution is -2.37. The van der Waals surface area contributed by atoms with Crippen molar-refractivity contribution in [1.29, 1.82) is 0 Å². The van der Waals surface area contributed by atoms with Gasteiger partial charge in [-0.2, -0.15) is 0 Å². The van der Waals surface area contributed by atoms with Crippen molar-refractivity contribution in [2.75, 3.05) is 19.6 Å². The van der Waals surface area contributed by atoms with E-state index < -0.39 is 0 Å². The molecule has 0 atom stereocenters. The van der Waals surface area contributed by atoms with Crippen LogP contribution in [-0.2, 0) is 19.6 Å². The van der Waals surface area contributed by atoms with Crippen molar-refractivity contribution in [3.8, 4) is 0 Å². The Morgan fingerprint density at radius 2 is 2.39 bits per heavy atom. The Bertz CT molecular complexity index is 477. The summed E-state index contributed by atoms with van der Waals surface area (Å²) in [6.45, 7) is 6.30. The second-order valence-corrected chi connectivity index (χ2v) is 5.60. The fourth-order valence-corrected chi connectivity index (χ4v) is 2.95. The van der Waals surface area contributed by atoms with Gasteiger partial charge in [-0.1, -0.05) is 6.07 Å². The molecule has 3 heterocycles. The molecule has 0 aliphatic carbocycles. The van der Waals surface area contributed by atoms with E-state index >= 15 is 0 Å². The molecule has 1 aliphatic rings. The first-order valence-corrected chi connectivity index (χ1v) is 7.25. The number of imidazole rings is 1. The number of hydrogen-bond acceptors (Lipinski definition) is 4. The number of nitrogens with zero attached hydrogens (tertiary/aromatic N) is 3. The second-order valence-electron chi connectivity index (χ2n) is 4.57. The van der Waals surface area contributed by atoms with Crippen molar-refractivity contribution in [1.82, 2.24) is 19.8 Å². The third-order valence-corrected chi connectivity index (χ3v) is 4.18. The molecule has 3 rings (SSSR count). The normalized spacial score (nSPS) is 15.8. The molecule has 0 spiro atoms. The van der Waals surface area contributed by atoms with Crippen LogP contribution in [0.3, 0.4) is 0 Å². The summed E-state index contributed by atoms with van der Waals surface area (Å²) in [6, 6.07) is 4.28. The van der Waals surface area contributed by atoms with Gasteiger partial charge in [0.05, 0.1) is 6.54 Å². The van der Waals surface area contributed by atoms with Crippen LogP contribution >= 0.6 is 11.3 Å². The zero-order valence-corrected chi connectivity index (χ0v) is 11.2. The lowest BCUT2D eigenvalue weighted by Gasteiger charge is -2.27. The minimum atomic E-state index is 0.980. The Labute approximate surface area is 111 Å². The predicted octanol–water partition coefficient (Wildman–Crippen LogP) is 1.55. The van der Waals surface area contributed by atoms with E-state index in [1.54, 1.807) is 0 Å². The van der Waals surface area contributed by atoms with Crippen LogP contribution in [0.15, 0.2) is 29.9 Å². The number of aromatic nitrogens is 2. The summed E-state index contributed by atoms with van der Waals surface area (Å²) in [5, 5.41) is 5.62. The average Bonchev–Trinajstić information content (AvgIpc) is 3.05. The molecule has 0 radical (unpaired) electrons. The summed E-state index contributed by atoms with van der Waals surface area (Å²) in [4.78, 5) is 8.25. The van der Waals surface area contributed by atoms with Crippen LogP contribution in [0.5, 0.6) is 0 Å². The maximum Gasteiger partial charge on any atom is 0.122 e. The van der Waals surface area contributed by atoms with Gasteiger partial charge in [0.2, 0.25) is 0 Å². The average molecular weight is 262 g/mol. The smallest absolute Gasteiger partial charge is 0.122 e. The van der Waals surface area contributed by atoms with E-state index in [2.05, 4.69) is 43.5 Å². The number of nitrogens with one attached hydrogen (secondary N) is 1. The Morgan fingerprint density at radius 1 is 1.39 bits per heavy atom. The van der Waals surface area contributed by atoms with Gasteiger partial charge in [-0.05, 0) is 11.4 Å². The van der Waals surface area contributed by atoms with E-state index in [0.717, 1.165) is 39.3 Å². The Kier molecular flexibility index (Phi) is 3.73. The van der Waals surface area contributed by atoms with Gasteiger partial charge in [-0.3, -0.25) is 4.90 Å². The summed E-state index contributed by atoms with van der Waals surface area (Å²) in [7, 11) is 0. The summed E-state index contributed by atoms with van der Waals surface area (Å²) in [5.74, 6) is 1.19. The molecule has 18 heavy (non-hydrogen) atoms. The van der Waals surface area contributed by atoms with Gasteiger partial charge in [0, 0.05) is 50.0 Å². The van der Waals surface area contributed by atoms with Crippen molar-refractivity contribution in [2.24, 2.45) is 0 Å². The lowest BCUT2D eigenvalue weighted by atomic mass is 10.3. The molecular weight excluding hydrogens is 244 g/mol. The zero-order valence-electron chi connectivity index (χ0n) is 10.4. The van der Waals surface area contributed by atoms with Crippen LogP contribution in [0.25, 0.3) is 0 Å². The summed E-state index contributed by atoms with van der Waals surface area (Å²) < 4.78 is 2.25. The van der Waals surface area contributed by atoms with Crippen molar-refractivity contribution in [3.05, 3.63) is 40.6 Å². The van der Waals surface area contributed by atoms with E-state index in [4.69, 9.17) is 0 Å². The fourth-order valence-electron chi connectivity index (χ4n) is 2.28. The maximum absolute atomic E-state index is 4.38. The van der Waals surface area contributed by atoms with Gasteiger partial charge in [-0.15, -0.1) is 11.3 Å². The van der Waals surface area contributed by atoms with Gasteiger partial charge in [0.1, 0.15) is 5.82 Å². The molecule has 96 valence electrons. The SMILES string of the molecule is c1csc(CNCCN2CCn3ccnc3C2)c1. The topological polar surface area (TPSA) is 33.1 Å². The van der Waals surface area contributed by atoms with Gasteiger partial charge >= 0.3 is 0 Å². The van der Waals surface area contributed by atoms with E-state index in [1.807, 2.05) is 17.5 Å². The fraction of sp³-hybridized carbons (Fsp3) is 0.462. The van der Waals surface area contributed by atoms with Gasteiger partial charge in [0.15, 0.2) is 0 Å². The number of rotatable bonds is 5. The molecule has 0 unspecified atom stereocenters. The molecule has 1 N–H and O–H groups in total. The largest absolute Gasteiger partial charge is 0.333 e. The minimum Gasteiger partial charge on any atom is -0.333 e. The van der Waals surface area contributed by atoms with Crippen LogP contribution < -0.4 is 5.32 Å². The quantitative estimate of drug-likeness (QED) is 0.830. The first-order valence-electron chi connectivity index (χ1n) is 6.37. The molecule has 0 fully saturated rings. The van der Waals surface area contributed by atoms with Crippen LogP contribution in [0, 0.1) is 0 Å². The molecule has 0 aromatic carbocycles. The molecule has 1 aliphatic heterocycles. The second kappa shape index (κ2) is 5.65. The first-order chi connectivity index (χ1) is 8.92. The minimum absolute atomic E-state index is 0.980. The van der Waals surface area contributed by atoms with Crippen molar-refractivity contribution < 1.29 is 0 Å². The Morgan fingerprint density at radius 3 is 3.28 bits per heavy atom. The van der Waals surface area contributed by atoms with E-state index in [0.29, 0.717) is 0 Å². The highest BCUT2D eigenvalue weighted by Gasteiger charge is 2.15. The molecule has 0 saturated carbocycles. The van der Waals surface area contributed by atoms with Gasteiger partial charge in [0.25, 0.3) is 0 Å². The van der Waals surface area contributed by atoms with E-state index in [-0.39, 0.29) is 0 Å². The molecule has 0 amide bonds. The van der Waals surface area contributed by atoms with Crippen LogP contribution in [-0.4, -0.2) is 34.1 Å². The van der Waals surface area contributed by atoms with Gasteiger partial charge in [-0.25, -0.2) is 4.98 Å². The number of fused-ring (bicyclic) bond motifs is 1.